The first kappa shape index (κ1) is 15.3. The minimum Gasteiger partial charge on any atom is -0.312 e. The van der Waals surface area contributed by atoms with E-state index in [0.29, 0.717) is 0 Å². The maximum atomic E-state index is 3.62. The second kappa shape index (κ2) is 6.13. The summed E-state index contributed by atoms with van der Waals surface area (Å²) in [6.07, 6.45) is 6.10. The van der Waals surface area contributed by atoms with Gasteiger partial charge < -0.3 is 10.2 Å². The average molecular weight is 266 g/mol. The molecule has 0 aliphatic heterocycles. The highest BCUT2D eigenvalue weighted by Gasteiger charge is 2.39. The number of hydrogen-bond acceptors (Lipinski definition) is 2. The Morgan fingerprint density at radius 1 is 1.21 bits per heavy atom. The van der Waals surface area contributed by atoms with Gasteiger partial charge in [0, 0.05) is 18.6 Å². The summed E-state index contributed by atoms with van der Waals surface area (Å²) in [6, 6.07) is 0. The van der Waals surface area contributed by atoms with Crippen LogP contribution in [0.5, 0.6) is 0 Å². The number of nitrogens with one attached hydrogen (secondary N) is 1. The largest absolute Gasteiger partial charge is 0.312 e. The van der Waals surface area contributed by atoms with Crippen LogP contribution in [0, 0.1) is 23.7 Å². The van der Waals surface area contributed by atoms with Crippen LogP contribution in [0.1, 0.15) is 53.4 Å². The summed E-state index contributed by atoms with van der Waals surface area (Å²) in [6.45, 7) is 12.8. The highest BCUT2D eigenvalue weighted by atomic mass is 15.1. The van der Waals surface area contributed by atoms with Gasteiger partial charge in [0.15, 0.2) is 0 Å². The van der Waals surface area contributed by atoms with Crippen LogP contribution in [0.2, 0.25) is 0 Å². The average Bonchev–Trinajstić information content (AvgIpc) is 2.87. The van der Waals surface area contributed by atoms with Crippen LogP contribution in [0.3, 0.4) is 0 Å². The quantitative estimate of drug-likeness (QED) is 0.793. The van der Waals surface area contributed by atoms with E-state index in [2.05, 4.69) is 45.0 Å². The molecule has 2 rings (SSSR count). The van der Waals surface area contributed by atoms with Gasteiger partial charge >= 0.3 is 0 Å². The molecule has 0 spiro atoms. The second-order valence-electron chi connectivity index (χ2n) is 8.39. The number of nitrogens with zero attached hydrogens (tertiary/aromatic N) is 1. The molecule has 0 amide bonds. The first-order valence-electron chi connectivity index (χ1n) is 8.27. The summed E-state index contributed by atoms with van der Waals surface area (Å²) in [5.74, 6) is 3.90. The van der Waals surface area contributed by atoms with E-state index in [1.54, 1.807) is 6.42 Å². The Balaban J connectivity index is 1.65. The Kier molecular flexibility index (Phi) is 4.94. The zero-order valence-electron chi connectivity index (χ0n) is 13.7. The molecule has 19 heavy (non-hydrogen) atoms. The zero-order valence-corrected chi connectivity index (χ0v) is 13.7. The highest BCUT2D eigenvalue weighted by molar-refractivity contribution is 4.91. The molecule has 4 unspecified atom stereocenters. The lowest BCUT2D eigenvalue weighted by Crippen LogP contribution is -2.41. The van der Waals surface area contributed by atoms with Crippen LogP contribution in [0.25, 0.3) is 0 Å². The van der Waals surface area contributed by atoms with Gasteiger partial charge in [-0.1, -0.05) is 13.3 Å². The molecule has 0 heterocycles. The molecule has 4 atom stereocenters. The van der Waals surface area contributed by atoms with E-state index in [-0.39, 0.29) is 5.54 Å². The van der Waals surface area contributed by atoms with E-state index in [1.165, 1.54) is 32.4 Å². The van der Waals surface area contributed by atoms with Gasteiger partial charge in [-0.05, 0) is 77.3 Å². The summed E-state index contributed by atoms with van der Waals surface area (Å²) in [5, 5.41) is 3.62. The standard InChI is InChI=1S/C17H34N2/c1-13(10-18-17(2,3)4)11-19(5)12-16-9-14-6-7-15(16)8-14/h13-16,18H,6-12H2,1-5H3. The molecule has 2 aliphatic carbocycles. The zero-order chi connectivity index (χ0) is 14.0. The summed E-state index contributed by atoms with van der Waals surface area (Å²) in [4.78, 5) is 2.58. The van der Waals surface area contributed by atoms with Crippen molar-refractivity contribution in [3.63, 3.8) is 0 Å². The molecule has 2 fully saturated rings. The molecular weight excluding hydrogens is 232 g/mol. The smallest absolute Gasteiger partial charge is 0.00966 e. The summed E-state index contributed by atoms with van der Waals surface area (Å²) < 4.78 is 0. The van der Waals surface area contributed by atoms with Crippen molar-refractivity contribution in [1.29, 1.82) is 0 Å². The van der Waals surface area contributed by atoms with E-state index in [0.717, 1.165) is 30.2 Å². The van der Waals surface area contributed by atoms with E-state index in [1.807, 2.05) is 0 Å². The van der Waals surface area contributed by atoms with Gasteiger partial charge in [-0.3, -0.25) is 0 Å². The minimum atomic E-state index is 0.247. The summed E-state index contributed by atoms with van der Waals surface area (Å²) >= 11 is 0. The lowest BCUT2D eigenvalue weighted by Gasteiger charge is -2.30. The first-order chi connectivity index (χ1) is 8.83. The van der Waals surface area contributed by atoms with Crippen molar-refractivity contribution in [2.75, 3.05) is 26.7 Å². The van der Waals surface area contributed by atoms with Gasteiger partial charge in [-0.15, -0.1) is 0 Å². The van der Waals surface area contributed by atoms with Gasteiger partial charge in [0.1, 0.15) is 0 Å². The van der Waals surface area contributed by atoms with Crippen LogP contribution >= 0.6 is 0 Å². The Bertz CT molecular complexity index is 281. The monoisotopic (exact) mass is 266 g/mol. The third-order valence-electron chi connectivity index (χ3n) is 5.03. The molecule has 0 saturated heterocycles. The van der Waals surface area contributed by atoms with E-state index >= 15 is 0 Å². The lowest BCUT2D eigenvalue weighted by molar-refractivity contribution is 0.196. The molecule has 112 valence electrons. The second-order valence-corrected chi connectivity index (χ2v) is 8.39. The topological polar surface area (TPSA) is 15.3 Å². The van der Waals surface area contributed by atoms with Gasteiger partial charge in [0.25, 0.3) is 0 Å². The maximum absolute atomic E-state index is 3.62. The van der Waals surface area contributed by atoms with Crippen molar-refractivity contribution in [1.82, 2.24) is 10.2 Å². The first-order valence-corrected chi connectivity index (χ1v) is 8.27. The molecular formula is C17H34N2. The normalized spacial score (nSPS) is 32.2. The van der Waals surface area contributed by atoms with Gasteiger partial charge in [0.05, 0.1) is 0 Å². The van der Waals surface area contributed by atoms with E-state index in [9.17, 15) is 0 Å². The van der Waals surface area contributed by atoms with Crippen LogP contribution < -0.4 is 5.32 Å². The van der Waals surface area contributed by atoms with Crippen LogP contribution in [0.15, 0.2) is 0 Å². The molecule has 0 aromatic heterocycles. The lowest BCUT2D eigenvalue weighted by atomic mass is 9.88. The predicted octanol–water partition coefficient (Wildman–Crippen LogP) is 3.38. The summed E-state index contributed by atoms with van der Waals surface area (Å²) in [5.41, 5.74) is 0.247. The molecule has 2 aliphatic rings. The Morgan fingerprint density at radius 2 is 1.95 bits per heavy atom. The van der Waals surface area contributed by atoms with Crippen molar-refractivity contribution in [3.8, 4) is 0 Å². The van der Waals surface area contributed by atoms with Crippen molar-refractivity contribution >= 4 is 0 Å². The molecule has 1 N–H and O–H groups in total. The fourth-order valence-electron chi connectivity index (χ4n) is 4.15. The third-order valence-corrected chi connectivity index (χ3v) is 5.03. The molecule has 2 saturated carbocycles. The Morgan fingerprint density at radius 3 is 2.47 bits per heavy atom. The van der Waals surface area contributed by atoms with Crippen molar-refractivity contribution in [3.05, 3.63) is 0 Å². The SMILES string of the molecule is CC(CNC(C)(C)C)CN(C)CC1CC2CCC1C2. The molecule has 2 heteroatoms. The van der Waals surface area contributed by atoms with Crippen LogP contribution in [0.4, 0.5) is 0 Å². The van der Waals surface area contributed by atoms with Gasteiger partial charge in [0.2, 0.25) is 0 Å². The van der Waals surface area contributed by atoms with Gasteiger partial charge in [-0.25, -0.2) is 0 Å². The molecule has 0 aromatic carbocycles. The third kappa shape index (κ3) is 4.75. The van der Waals surface area contributed by atoms with Crippen molar-refractivity contribution in [2.24, 2.45) is 23.7 Å². The number of hydrogen-bond donors (Lipinski definition) is 1. The predicted molar refractivity (Wildman–Crippen MR) is 83.4 cm³/mol. The Hall–Kier alpha value is -0.0800. The molecule has 0 radical (unpaired) electrons. The molecule has 2 bridgehead atoms. The number of rotatable bonds is 6. The van der Waals surface area contributed by atoms with Gasteiger partial charge in [-0.2, -0.15) is 0 Å². The van der Waals surface area contributed by atoms with E-state index < -0.39 is 0 Å². The summed E-state index contributed by atoms with van der Waals surface area (Å²) in [7, 11) is 2.32. The fourth-order valence-corrected chi connectivity index (χ4v) is 4.15. The van der Waals surface area contributed by atoms with Crippen LogP contribution in [-0.4, -0.2) is 37.1 Å². The maximum Gasteiger partial charge on any atom is 0.00966 e. The molecule has 2 nitrogen and oxygen atoms in total. The number of fused-ring (bicyclic) bond motifs is 2. The van der Waals surface area contributed by atoms with E-state index in [4.69, 9.17) is 0 Å². The fraction of sp³-hybridized carbons (Fsp3) is 1.00. The highest BCUT2D eigenvalue weighted by Crippen LogP contribution is 2.48. The van der Waals surface area contributed by atoms with Crippen molar-refractivity contribution in [2.45, 2.75) is 58.9 Å². The molecule has 0 aromatic rings. The minimum absolute atomic E-state index is 0.247. The Labute approximate surface area is 120 Å². The van der Waals surface area contributed by atoms with Crippen LogP contribution in [-0.2, 0) is 0 Å². The van der Waals surface area contributed by atoms with Crippen molar-refractivity contribution < 1.29 is 0 Å².